The Morgan fingerprint density at radius 3 is 2.30 bits per heavy atom. The van der Waals surface area contributed by atoms with Gasteiger partial charge in [-0.3, -0.25) is 14.4 Å². The molecular weight excluding hydrogens is 348 g/mol. The zero-order chi connectivity index (χ0) is 19.6. The van der Waals surface area contributed by atoms with Gasteiger partial charge in [0.1, 0.15) is 11.4 Å². The molecular formula is C20H20N2O5. The van der Waals surface area contributed by atoms with Crippen molar-refractivity contribution in [3.8, 4) is 5.75 Å². The number of rotatable bonds is 7. The second-order valence-corrected chi connectivity index (χ2v) is 5.52. The van der Waals surface area contributed by atoms with E-state index in [1.807, 2.05) is 0 Å². The van der Waals surface area contributed by atoms with E-state index in [1.165, 1.54) is 13.0 Å². The molecule has 27 heavy (non-hydrogen) atoms. The van der Waals surface area contributed by atoms with E-state index in [2.05, 4.69) is 10.6 Å². The van der Waals surface area contributed by atoms with Crippen molar-refractivity contribution in [2.24, 2.45) is 0 Å². The molecule has 0 bridgehead atoms. The van der Waals surface area contributed by atoms with Gasteiger partial charge in [0.25, 0.3) is 11.8 Å². The zero-order valence-corrected chi connectivity index (χ0v) is 14.8. The van der Waals surface area contributed by atoms with E-state index in [0.717, 1.165) is 0 Å². The number of aliphatic hydroxyl groups excluding tert-OH is 1. The van der Waals surface area contributed by atoms with Crippen molar-refractivity contribution in [2.45, 2.75) is 6.92 Å². The molecule has 3 N–H and O–H groups in total. The van der Waals surface area contributed by atoms with Crippen LogP contribution in [0.3, 0.4) is 0 Å². The first-order valence-corrected chi connectivity index (χ1v) is 8.25. The highest BCUT2D eigenvalue weighted by atomic mass is 16.5. The fourth-order valence-electron chi connectivity index (χ4n) is 2.17. The average molecular weight is 368 g/mol. The van der Waals surface area contributed by atoms with Crippen LogP contribution < -0.4 is 15.4 Å². The first-order valence-electron chi connectivity index (χ1n) is 8.25. The van der Waals surface area contributed by atoms with E-state index in [4.69, 9.17) is 9.84 Å². The molecule has 2 aromatic carbocycles. The number of hydrogen-bond acceptors (Lipinski definition) is 5. The molecule has 2 amide bonds. The van der Waals surface area contributed by atoms with E-state index < -0.39 is 17.8 Å². The van der Waals surface area contributed by atoms with Gasteiger partial charge in [-0.15, -0.1) is 0 Å². The minimum Gasteiger partial charge on any atom is -0.427 e. The third-order valence-corrected chi connectivity index (χ3v) is 3.38. The summed E-state index contributed by atoms with van der Waals surface area (Å²) in [6.07, 6.45) is 1.49. The molecule has 2 rings (SSSR count). The highest BCUT2D eigenvalue weighted by Gasteiger charge is 2.14. The third-order valence-electron chi connectivity index (χ3n) is 3.38. The van der Waals surface area contributed by atoms with Crippen LogP contribution in [0.5, 0.6) is 5.75 Å². The summed E-state index contributed by atoms with van der Waals surface area (Å²) in [5, 5.41) is 14.0. The number of carbonyl (C=O) groups excluding carboxylic acids is 3. The number of esters is 1. The molecule has 0 saturated carbocycles. The van der Waals surface area contributed by atoms with Gasteiger partial charge in [-0.2, -0.15) is 0 Å². The van der Waals surface area contributed by atoms with Crippen LogP contribution in [0.4, 0.5) is 0 Å². The number of carbonyl (C=O) groups is 3. The van der Waals surface area contributed by atoms with Gasteiger partial charge >= 0.3 is 5.97 Å². The molecule has 0 aromatic heterocycles. The smallest absolute Gasteiger partial charge is 0.308 e. The fourth-order valence-corrected chi connectivity index (χ4v) is 2.17. The normalized spacial score (nSPS) is 10.8. The topological polar surface area (TPSA) is 105 Å². The Morgan fingerprint density at radius 2 is 1.70 bits per heavy atom. The molecule has 140 valence electrons. The highest BCUT2D eigenvalue weighted by molar-refractivity contribution is 6.05. The van der Waals surface area contributed by atoms with E-state index in [0.29, 0.717) is 16.9 Å². The molecule has 0 spiro atoms. The lowest BCUT2D eigenvalue weighted by atomic mass is 10.1. The average Bonchev–Trinajstić information content (AvgIpc) is 2.67. The Kier molecular flexibility index (Phi) is 7.27. The Hall–Kier alpha value is -3.45. The maximum Gasteiger partial charge on any atom is 0.308 e. The van der Waals surface area contributed by atoms with Crippen LogP contribution in [0.25, 0.3) is 6.08 Å². The standard InChI is InChI=1S/C20H20N2O5/c1-14(24)27-17-9-7-15(8-10-17)13-18(20(26)21-11-12-23)22-19(25)16-5-3-2-4-6-16/h2-10,13,23H,11-12H2,1H3,(H,21,26)(H,22,25)/b18-13+. The summed E-state index contributed by atoms with van der Waals surface area (Å²) in [4.78, 5) is 35.6. The van der Waals surface area contributed by atoms with Gasteiger partial charge in [0.2, 0.25) is 0 Å². The van der Waals surface area contributed by atoms with Crippen molar-refractivity contribution in [2.75, 3.05) is 13.2 Å². The maximum atomic E-state index is 12.4. The summed E-state index contributed by atoms with van der Waals surface area (Å²) in [6, 6.07) is 14.9. The van der Waals surface area contributed by atoms with E-state index in [9.17, 15) is 14.4 Å². The summed E-state index contributed by atoms with van der Waals surface area (Å²) < 4.78 is 4.96. The predicted molar refractivity (Wildman–Crippen MR) is 99.7 cm³/mol. The SMILES string of the molecule is CC(=O)Oc1ccc(/C=C(/NC(=O)c2ccccc2)C(=O)NCCO)cc1. The number of aliphatic hydroxyl groups is 1. The van der Waals surface area contributed by atoms with Crippen LogP contribution in [-0.2, 0) is 9.59 Å². The van der Waals surface area contributed by atoms with Gasteiger partial charge in [0, 0.05) is 19.0 Å². The molecule has 2 aromatic rings. The van der Waals surface area contributed by atoms with E-state index in [1.54, 1.807) is 54.6 Å². The molecule has 0 heterocycles. The number of benzene rings is 2. The van der Waals surface area contributed by atoms with Gasteiger partial charge in [0.05, 0.1) is 6.61 Å². The summed E-state index contributed by atoms with van der Waals surface area (Å²) in [6.45, 7) is 1.14. The van der Waals surface area contributed by atoms with Crippen LogP contribution in [-0.4, -0.2) is 36.0 Å². The summed E-state index contributed by atoms with van der Waals surface area (Å²) in [5.74, 6) is -1.02. The molecule has 0 aliphatic rings. The molecule has 0 saturated heterocycles. The van der Waals surface area contributed by atoms with Crippen LogP contribution in [0, 0.1) is 0 Å². The largest absolute Gasteiger partial charge is 0.427 e. The molecule has 0 fully saturated rings. The zero-order valence-electron chi connectivity index (χ0n) is 14.8. The number of hydrogen-bond donors (Lipinski definition) is 3. The third kappa shape index (κ3) is 6.41. The fraction of sp³-hybridized carbons (Fsp3) is 0.150. The highest BCUT2D eigenvalue weighted by Crippen LogP contribution is 2.14. The lowest BCUT2D eigenvalue weighted by molar-refractivity contribution is -0.131. The second kappa shape index (κ2) is 9.88. The Bertz CT molecular complexity index is 829. The van der Waals surface area contributed by atoms with Crippen LogP contribution >= 0.6 is 0 Å². The quantitative estimate of drug-likeness (QED) is 0.390. The number of amides is 2. The van der Waals surface area contributed by atoms with Gasteiger partial charge in [0.15, 0.2) is 0 Å². The summed E-state index contributed by atoms with van der Waals surface area (Å²) in [7, 11) is 0. The first-order chi connectivity index (χ1) is 13.0. The van der Waals surface area contributed by atoms with Crippen molar-refractivity contribution in [1.29, 1.82) is 0 Å². The van der Waals surface area contributed by atoms with E-state index >= 15 is 0 Å². The molecule has 0 aliphatic heterocycles. The lowest BCUT2D eigenvalue weighted by Gasteiger charge is -2.11. The first kappa shape index (κ1) is 19.9. The van der Waals surface area contributed by atoms with Crippen molar-refractivity contribution in [1.82, 2.24) is 10.6 Å². The van der Waals surface area contributed by atoms with Gasteiger partial charge < -0.3 is 20.5 Å². The van der Waals surface area contributed by atoms with Crippen molar-refractivity contribution >= 4 is 23.9 Å². The Balaban J connectivity index is 2.23. The summed E-state index contributed by atoms with van der Waals surface area (Å²) >= 11 is 0. The minimum absolute atomic E-state index is 0.0255. The second-order valence-electron chi connectivity index (χ2n) is 5.52. The van der Waals surface area contributed by atoms with Gasteiger partial charge in [-0.1, -0.05) is 30.3 Å². The van der Waals surface area contributed by atoms with Gasteiger partial charge in [-0.05, 0) is 35.9 Å². The van der Waals surface area contributed by atoms with Crippen LogP contribution in [0.15, 0.2) is 60.3 Å². The van der Waals surface area contributed by atoms with E-state index in [-0.39, 0.29) is 18.8 Å². The van der Waals surface area contributed by atoms with Crippen molar-refractivity contribution < 1.29 is 24.2 Å². The molecule has 0 unspecified atom stereocenters. The van der Waals surface area contributed by atoms with Gasteiger partial charge in [-0.25, -0.2) is 0 Å². The predicted octanol–water partition coefficient (Wildman–Crippen LogP) is 1.49. The molecule has 0 radical (unpaired) electrons. The van der Waals surface area contributed by atoms with Crippen LogP contribution in [0.2, 0.25) is 0 Å². The Morgan fingerprint density at radius 1 is 1.04 bits per heavy atom. The summed E-state index contributed by atoms with van der Waals surface area (Å²) in [5.41, 5.74) is 1.05. The lowest BCUT2D eigenvalue weighted by Crippen LogP contribution is -2.36. The molecule has 7 heteroatoms. The number of nitrogens with one attached hydrogen (secondary N) is 2. The number of ether oxygens (including phenoxy) is 1. The van der Waals surface area contributed by atoms with Crippen molar-refractivity contribution in [3.05, 3.63) is 71.4 Å². The van der Waals surface area contributed by atoms with Crippen LogP contribution in [0.1, 0.15) is 22.8 Å². The Labute approximate surface area is 156 Å². The minimum atomic E-state index is -0.530. The maximum absolute atomic E-state index is 12.4. The monoisotopic (exact) mass is 368 g/mol. The molecule has 7 nitrogen and oxygen atoms in total. The van der Waals surface area contributed by atoms with Crippen molar-refractivity contribution in [3.63, 3.8) is 0 Å². The molecule has 0 aliphatic carbocycles. The molecule has 0 atom stereocenters.